The van der Waals surface area contributed by atoms with Gasteiger partial charge in [-0.15, -0.1) is 10.2 Å². The van der Waals surface area contributed by atoms with E-state index in [2.05, 4.69) is 20.1 Å². The van der Waals surface area contributed by atoms with E-state index in [-0.39, 0.29) is 6.09 Å². The Balaban J connectivity index is 1.74. The van der Waals surface area contributed by atoms with Crippen LogP contribution in [0.2, 0.25) is 5.15 Å². The summed E-state index contributed by atoms with van der Waals surface area (Å²) in [5, 5.41) is 9.34. The summed E-state index contributed by atoms with van der Waals surface area (Å²) in [7, 11) is 0. The summed E-state index contributed by atoms with van der Waals surface area (Å²) in [6, 6.07) is 3.69. The molecule has 1 aliphatic heterocycles. The zero-order chi connectivity index (χ0) is 17.3. The summed E-state index contributed by atoms with van der Waals surface area (Å²) < 4.78 is 5.41. The third kappa shape index (κ3) is 3.51. The van der Waals surface area contributed by atoms with Gasteiger partial charge in [-0.1, -0.05) is 11.6 Å². The van der Waals surface area contributed by atoms with Gasteiger partial charge in [0.15, 0.2) is 11.0 Å². The first-order valence-corrected chi connectivity index (χ1v) is 8.23. The molecule has 1 amide bonds. The van der Waals surface area contributed by atoms with E-state index in [4.69, 9.17) is 16.3 Å². The van der Waals surface area contributed by atoms with Gasteiger partial charge < -0.3 is 14.5 Å². The minimum absolute atomic E-state index is 0.285. The second kappa shape index (κ2) is 6.39. The quantitative estimate of drug-likeness (QED) is 0.788. The largest absolute Gasteiger partial charge is 0.444 e. The second-order valence-corrected chi connectivity index (χ2v) is 7.03. The second-order valence-electron chi connectivity index (χ2n) is 6.67. The van der Waals surface area contributed by atoms with Gasteiger partial charge in [0.25, 0.3) is 0 Å². The monoisotopic (exact) mass is 349 g/mol. The first-order chi connectivity index (χ1) is 11.3. The molecule has 0 N–H and O–H groups in total. The van der Waals surface area contributed by atoms with Crippen molar-refractivity contribution in [2.45, 2.75) is 26.4 Å². The van der Waals surface area contributed by atoms with Crippen molar-refractivity contribution in [2.24, 2.45) is 0 Å². The van der Waals surface area contributed by atoms with E-state index in [1.54, 1.807) is 11.1 Å². The van der Waals surface area contributed by atoms with Crippen molar-refractivity contribution in [1.29, 1.82) is 0 Å². The molecule has 1 saturated heterocycles. The summed E-state index contributed by atoms with van der Waals surface area (Å²) in [5.41, 5.74) is 0.235. The fourth-order valence-electron chi connectivity index (χ4n) is 2.58. The Bertz CT molecular complexity index is 754. The normalized spacial score (nSPS) is 15.7. The Morgan fingerprint density at radius 2 is 1.92 bits per heavy atom. The fraction of sp³-hybridized carbons (Fsp3) is 0.500. The number of amides is 1. The molecule has 0 unspecified atom stereocenters. The molecule has 0 saturated carbocycles. The standard InChI is InChI=1S/C16H20ClN5O2/c1-16(2,3)24-15(23)22-9-7-21(8-10-22)14-12-11(5-4-6-18-12)13(17)19-20-14/h4-6H,7-10H2,1-3H3. The molecule has 1 fully saturated rings. The predicted molar refractivity (Wildman–Crippen MR) is 92.4 cm³/mol. The number of aromatic nitrogens is 3. The minimum atomic E-state index is -0.490. The van der Waals surface area contributed by atoms with Crippen LogP contribution in [-0.4, -0.2) is 58.0 Å². The lowest BCUT2D eigenvalue weighted by Crippen LogP contribution is -2.50. The van der Waals surface area contributed by atoms with Crippen LogP contribution in [0, 0.1) is 0 Å². The summed E-state index contributed by atoms with van der Waals surface area (Å²) in [4.78, 5) is 20.3. The van der Waals surface area contributed by atoms with Crippen LogP contribution in [0.3, 0.4) is 0 Å². The van der Waals surface area contributed by atoms with Crippen molar-refractivity contribution in [2.75, 3.05) is 31.1 Å². The van der Waals surface area contributed by atoms with Gasteiger partial charge in [0.05, 0.1) is 0 Å². The number of nitrogens with zero attached hydrogens (tertiary/aromatic N) is 5. The number of pyridine rings is 1. The molecule has 2 aromatic rings. The zero-order valence-electron chi connectivity index (χ0n) is 14.0. The van der Waals surface area contributed by atoms with Gasteiger partial charge in [0.2, 0.25) is 0 Å². The van der Waals surface area contributed by atoms with E-state index in [9.17, 15) is 4.79 Å². The number of fused-ring (bicyclic) bond motifs is 1. The van der Waals surface area contributed by atoms with Crippen LogP contribution in [-0.2, 0) is 4.74 Å². The smallest absolute Gasteiger partial charge is 0.410 e. The summed E-state index contributed by atoms with van der Waals surface area (Å²) >= 11 is 6.09. The molecule has 24 heavy (non-hydrogen) atoms. The molecule has 1 aliphatic rings. The van der Waals surface area contributed by atoms with E-state index in [0.29, 0.717) is 37.1 Å². The van der Waals surface area contributed by atoms with E-state index in [1.165, 1.54) is 0 Å². The number of piperazine rings is 1. The Morgan fingerprint density at radius 1 is 1.21 bits per heavy atom. The van der Waals surface area contributed by atoms with Crippen LogP contribution in [0.4, 0.5) is 10.6 Å². The van der Waals surface area contributed by atoms with Crippen molar-refractivity contribution in [3.05, 3.63) is 23.5 Å². The van der Waals surface area contributed by atoms with Gasteiger partial charge in [-0.25, -0.2) is 4.79 Å². The number of carbonyl (C=O) groups is 1. The molecule has 0 radical (unpaired) electrons. The van der Waals surface area contributed by atoms with Gasteiger partial charge in [-0.05, 0) is 32.9 Å². The SMILES string of the molecule is CC(C)(C)OC(=O)N1CCN(c2nnc(Cl)c3cccnc23)CC1. The molecular formula is C16H20ClN5O2. The number of anilines is 1. The maximum atomic E-state index is 12.1. The Kier molecular flexibility index (Phi) is 4.45. The number of hydrogen-bond acceptors (Lipinski definition) is 6. The highest BCUT2D eigenvalue weighted by atomic mass is 35.5. The number of halogens is 1. The molecule has 3 heterocycles. The highest BCUT2D eigenvalue weighted by molar-refractivity contribution is 6.34. The summed E-state index contributed by atoms with van der Waals surface area (Å²) in [6.45, 7) is 8.00. The molecule has 0 bridgehead atoms. The average Bonchev–Trinajstić information content (AvgIpc) is 2.54. The molecule has 7 nitrogen and oxygen atoms in total. The third-order valence-electron chi connectivity index (χ3n) is 3.71. The molecule has 0 aromatic carbocycles. The molecule has 0 aliphatic carbocycles. The maximum absolute atomic E-state index is 12.1. The van der Waals surface area contributed by atoms with E-state index in [0.717, 1.165) is 10.9 Å². The highest BCUT2D eigenvalue weighted by Gasteiger charge is 2.27. The van der Waals surface area contributed by atoms with E-state index in [1.807, 2.05) is 32.9 Å². The van der Waals surface area contributed by atoms with Gasteiger partial charge in [-0.2, -0.15) is 0 Å². The van der Waals surface area contributed by atoms with Crippen molar-refractivity contribution >= 4 is 34.4 Å². The summed E-state index contributed by atoms with van der Waals surface area (Å²) in [6.07, 6.45) is 1.42. The van der Waals surface area contributed by atoms with Crippen molar-refractivity contribution in [1.82, 2.24) is 20.1 Å². The van der Waals surface area contributed by atoms with Crippen LogP contribution >= 0.6 is 11.6 Å². The van der Waals surface area contributed by atoms with Crippen LogP contribution in [0.25, 0.3) is 10.9 Å². The van der Waals surface area contributed by atoms with Crippen molar-refractivity contribution in [3.63, 3.8) is 0 Å². The molecule has 0 spiro atoms. The Hall–Kier alpha value is -2.15. The maximum Gasteiger partial charge on any atom is 0.410 e. The topological polar surface area (TPSA) is 71.5 Å². The van der Waals surface area contributed by atoms with Crippen molar-refractivity contribution in [3.8, 4) is 0 Å². The zero-order valence-corrected chi connectivity index (χ0v) is 14.7. The Morgan fingerprint density at radius 3 is 2.58 bits per heavy atom. The Labute approximate surface area is 145 Å². The van der Waals surface area contributed by atoms with E-state index < -0.39 is 5.60 Å². The highest BCUT2D eigenvalue weighted by Crippen LogP contribution is 2.27. The van der Waals surface area contributed by atoms with Gasteiger partial charge in [-0.3, -0.25) is 4.98 Å². The first kappa shape index (κ1) is 16.7. The van der Waals surface area contributed by atoms with Crippen molar-refractivity contribution < 1.29 is 9.53 Å². The van der Waals surface area contributed by atoms with Gasteiger partial charge >= 0.3 is 6.09 Å². The lowest BCUT2D eigenvalue weighted by atomic mass is 10.2. The first-order valence-electron chi connectivity index (χ1n) is 7.85. The minimum Gasteiger partial charge on any atom is -0.444 e. The van der Waals surface area contributed by atoms with E-state index >= 15 is 0 Å². The lowest BCUT2D eigenvalue weighted by molar-refractivity contribution is 0.0240. The number of hydrogen-bond donors (Lipinski definition) is 0. The van der Waals surface area contributed by atoms with Crippen LogP contribution < -0.4 is 4.90 Å². The number of ether oxygens (including phenoxy) is 1. The van der Waals surface area contributed by atoms with Crippen LogP contribution in [0.5, 0.6) is 0 Å². The number of rotatable bonds is 1. The molecule has 0 atom stereocenters. The molecule has 2 aromatic heterocycles. The van der Waals surface area contributed by atoms with Crippen LogP contribution in [0.1, 0.15) is 20.8 Å². The molecular weight excluding hydrogens is 330 g/mol. The fourth-order valence-corrected chi connectivity index (χ4v) is 2.77. The number of carbonyl (C=O) groups excluding carboxylic acids is 1. The van der Waals surface area contributed by atoms with Crippen LogP contribution in [0.15, 0.2) is 18.3 Å². The summed E-state index contributed by atoms with van der Waals surface area (Å²) in [5.74, 6) is 0.693. The molecule has 128 valence electrons. The lowest BCUT2D eigenvalue weighted by Gasteiger charge is -2.36. The molecule has 8 heteroatoms. The third-order valence-corrected chi connectivity index (χ3v) is 3.98. The average molecular weight is 350 g/mol. The van der Waals surface area contributed by atoms with Gasteiger partial charge in [0, 0.05) is 37.8 Å². The predicted octanol–water partition coefficient (Wildman–Crippen LogP) is 2.74. The van der Waals surface area contributed by atoms with Gasteiger partial charge in [0.1, 0.15) is 11.1 Å². The molecule has 3 rings (SSSR count).